The van der Waals surface area contributed by atoms with Crippen LogP contribution in [-0.2, 0) is 5.41 Å². The van der Waals surface area contributed by atoms with Gasteiger partial charge in [0, 0.05) is 23.3 Å². The highest BCUT2D eigenvalue weighted by atomic mass is 32.2. The molecule has 3 rings (SSSR count). The fraction of sp³-hybridized carbons (Fsp3) is 0.444. The highest BCUT2D eigenvalue weighted by Crippen LogP contribution is 2.25. The number of rotatable bonds is 5. The largest absolute Gasteiger partial charge is 0.349 e. The summed E-state index contributed by atoms with van der Waals surface area (Å²) in [6.07, 6.45) is 5.55. The highest BCUT2D eigenvalue weighted by molar-refractivity contribution is 7.98. The monoisotopic (exact) mass is 357 g/mol. The molecule has 1 saturated carbocycles. The third kappa shape index (κ3) is 4.48. The molecule has 25 heavy (non-hydrogen) atoms. The Morgan fingerprint density at radius 2 is 2.00 bits per heavy atom. The fourth-order valence-corrected chi connectivity index (χ4v) is 2.60. The molecule has 2 heterocycles. The molecule has 0 radical (unpaired) electrons. The summed E-state index contributed by atoms with van der Waals surface area (Å²) < 4.78 is 0. The third-order valence-electron chi connectivity index (χ3n) is 3.87. The van der Waals surface area contributed by atoms with E-state index in [0.29, 0.717) is 22.4 Å². The van der Waals surface area contributed by atoms with Gasteiger partial charge in [-0.2, -0.15) is 0 Å². The number of amides is 1. The first-order valence-corrected chi connectivity index (χ1v) is 9.56. The van der Waals surface area contributed by atoms with Crippen molar-refractivity contribution in [1.29, 1.82) is 0 Å². The van der Waals surface area contributed by atoms with Gasteiger partial charge in [-0.05, 0) is 31.2 Å². The second kappa shape index (κ2) is 7.00. The maximum Gasteiger partial charge on any atom is 0.256 e. The van der Waals surface area contributed by atoms with Crippen molar-refractivity contribution >= 4 is 29.3 Å². The molecule has 0 aliphatic heterocycles. The number of carbonyl (C=O) groups is 1. The van der Waals surface area contributed by atoms with Crippen LogP contribution in [0.5, 0.6) is 0 Å². The van der Waals surface area contributed by atoms with E-state index in [1.54, 1.807) is 6.20 Å². The lowest BCUT2D eigenvalue weighted by Crippen LogP contribution is -2.26. The molecule has 0 saturated heterocycles. The van der Waals surface area contributed by atoms with E-state index in [-0.39, 0.29) is 17.4 Å². The average molecular weight is 357 g/mol. The van der Waals surface area contributed by atoms with Crippen LogP contribution in [0.4, 0.5) is 11.6 Å². The van der Waals surface area contributed by atoms with Crippen LogP contribution in [0.25, 0.3) is 0 Å². The van der Waals surface area contributed by atoms with Gasteiger partial charge in [-0.3, -0.25) is 4.79 Å². The Morgan fingerprint density at radius 1 is 1.24 bits per heavy atom. The second-order valence-corrected chi connectivity index (χ2v) is 7.92. The summed E-state index contributed by atoms with van der Waals surface area (Å²) in [7, 11) is 0. The van der Waals surface area contributed by atoms with Gasteiger partial charge in [-0.25, -0.2) is 15.0 Å². The molecule has 2 aromatic heterocycles. The van der Waals surface area contributed by atoms with Gasteiger partial charge in [-0.1, -0.05) is 38.6 Å². The van der Waals surface area contributed by atoms with Crippen LogP contribution in [0.2, 0.25) is 0 Å². The van der Waals surface area contributed by atoms with E-state index in [1.807, 2.05) is 24.5 Å². The summed E-state index contributed by atoms with van der Waals surface area (Å²) >= 11 is 1.43. The summed E-state index contributed by atoms with van der Waals surface area (Å²) in [5.41, 5.74) is 1.35. The number of pyridine rings is 1. The van der Waals surface area contributed by atoms with Crippen molar-refractivity contribution < 1.29 is 4.79 Å². The Morgan fingerprint density at radius 3 is 2.64 bits per heavy atom. The Bertz CT molecular complexity index is 783. The summed E-state index contributed by atoms with van der Waals surface area (Å²) in [6, 6.07) is 6.11. The number of hydrogen-bond acceptors (Lipinski definition) is 6. The summed E-state index contributed by atoms with van der Waals surface area (Å²) in [5.74, 6) is 0.999. The second-order valence-electron chi connectivity index (χ2n) is 7.15. The van der Waals surface area contributed by atoms with E-state index in [9.17, 15) is 4.79 Å². The maximum absolute atomic E-state index is 12.5. The van der Waals surface area contributed by atoms with Crippen molar-refractivity contribution in [2.45, 2.75) is 50.2 Å². The predicted octanol–water partition coefficient (Wildman–Crippen LogP) is 3.53. The number of anilines is 2. The smallest absolute Gasteiger partial charge is 0.256 e. The SMILES string of the molecule is CSc1ncc(C(=O)NC2CC2)c(Nc2cccc(C(C)(C)C)n2)n1. The van der Waals surface area contributed by atoms with Crippen LogP contribution in [0, 0.1) is 0 Å². The molecule has 2 aromatic rings. The minimum Gasteiger partial charge on any atom is -0.349 e. The first-order chi connectivity index (χ1) is 11.9. The number of nitrogens with one attached hydrogen (secondary N) is 2. The first kappa shape index (κ1) is 17.7. The van der Waals surface area contributed by atoms with Gasteiger partial charge >= 0.3 is 0 Å². The van der Waals surface area contributed by atoms with Crippen molar-refractivity contribution in [3.63, 3.8) is 0 Å². The Hall–Kier alpha value is -2.15. The maximum atomic E-state index is 12.5. The van der Waals surface area contributed by atoms with Crippen LogP contribution in [0.15, 0.2) is 29.6 Å². The normalized spacial score (nSPS) is 14.2. The predicted molar refractivity (Wildman–Crippen MR) is 101 cm³/mol. The Kier molecular flexibility index (Phi) is 4.94. The van der Waals surface area contributed by atoms with Gasteiger partial charge in [0.15, 0.2) is 5.16 Å². The molecular formula is C18H23N5OS. The first-order valence-electron chi connectivity index (χ1n) is 8.33. The molecule has 2 N–H and O–H groups in total. The van der Waals surface area contributed by atoms with Gasteiger partial charge in [0.05, 0.1) is 0 Å². The van der Waals surface area contributed by atoms with Crippen molar-refractivity contribution in [3.05, 3.63) is 35.7 Å². The fourth-order valence-electron chi connectivity index (χ4n) is 2.26. The van der Waals surface area contributed by atoms with Gasteiger partial charge < -0.3 is 10.6 Å². The molecule has 1 amide bonds. The number of carbonyl (C=O) groups excluding carboxylic acids is 1. The van der Waals surface area contributed by atoms with Crippen LogP contribution in [0.1, 0.15) is 49.7 Å². The zero-order chi connectivity index (χ0) is 18.0. The van der Waals surface area contributed by atoms with Crippen molar-refractivity contribution in [1.82, 2.24) is 20.3 Å². The zero-order valence-electron chi connectivity index (χ0n) is 15.0. The molecule has 0 bridgehead atoms. The van der Waals surface area contributed by atoms with Gasteiger partial charge in [0.2, 0.25) is 0 Å². The standard InChI is InChI=1S/C18H23N5OS/c1-18(2,3)13-6-5-7-14(21-13)22-15-12(10-19-17(23-15)25-4)16(24)20-11-8-9-11/h5-7,10-11H,8-9H2,1-4H3,(H,20,24)(H,19,21,22,23). The number of aromatic nitrogens is 3. The van der Waals surface area contributed by atoms with E-state index in [0.717, 1.165) is 18.5 Å². The molecule has 7 heteroatoms. The third-order valence-corrected chi connectivity index (χ3v) is 4.43. The van der Waals surface area contributed by atoms with Crippen LogP contribution in [-0.4, -0.2) is 33.2 Å². The number of hydrogen-bond donors (Lipinski definition) is 2. The molecule has 0 unspecified atom stereocenters. The van der Waals surface area contributed by atoms with Crippen molar-refractivity contribution in [2.24, 2.45) is 0 Å². The molecule has 1 aliphatic rings. The zero-order valence-corrected chi connectivity index (χ0v) is 15.8. The van der Waals surface area contributed by atoms with Crippen LogP contribution < -0.4 is 10.6 Å². The van der Waals surface area contributed by atoms with Crippen LogP contribution in [0.3, 0.4) is 0 Å². The van der Waals surface area contributed by atoms with Crippen molar-refractivity contribution in [2.75, 3.05) is 11.6 Å². The quantitative estimate of drug-likeness (QED) is 0.629. The van der Waals surface area contributed by atoms with E-state index in [4.69, 9.17) is 0 Å². The number of thioether (sulfide) groups is 1. The molecule has 0 spiro atoms. The molecule has 1 aliphatic carbocycles. The van der Waals surface area contributed by atoms with Crippen LogP contribution >= 0.6 is 11.8 Å². The molecule has 1 fully saturated rings. The lowest BCUT2D eigenvalue weighted by Gasteiger charge is -2.19. The number of nitrogens with zero attached hydrogens (tertiary/aromatic N) is 3. The summed E-state index contributed by atoms with van der Waals surface area (Å²) in [6.45, 7) is 6.35. The summed E-state index contributed by atoms with van der Waals surface area (Å²) in [4.78, 5) is 25.8. The molecule has 132 valence electrons. The summed E-state index contributed by atoms with van der Waals surface area (Å²) in [5, 5.41) is 6.79. The average Bonchev–Trinajstić information content (AvgIpc) is 3.38. The Balaban J connectivity index is 1.91. The van der Waals surface area contributed by atoms with E-state index in [2.05, 4.69) is 46.4 Å². The van der Waals surface area contributed by atoms with Gasteiger partial charge in [0.1, 0.15) is 17.2 Å². The van der Waals surface area contributed by atoms with Gasteiger partial charge in [0.25, 0.3) is 5.91 Å². The van der Waals surface area contributed by atoms with Gasteiger partial charge in [-0.15, -0.1) is 0 Å². The molecule has 6 nitrogen and oxygen atoms in total. The van der Waals surface area contributed by atoms with E-state index >= 15 is 0 Å². The van der Waals surface area contributed by atoms with Crippen molar-refractivity contribution in [3.8, 4) is 0 Å². The topological polar surface area (TPSA) is 79.8 Å². The lowest BCUT2D eigenvalue weighted by atomic mass is 9.92. The Labute approximate surface area is 152 Å². The highest BCUT2D eigenvalue weighted by Gasteiger charge is 2.26. The van der Waals surface area contributed by atoms with E-state index in [1.165, 1.54) is 11.8 Å². The molecule has 0 atom stereocenters. The minimum atomic E-state index is -0.148. The molecular weight excluding hydrogens is 334 g/mol. The lowest BCUT2D eigenvalue weighted by molar-refractivity contribution is 0.0951. The molecule has 0 aromatic carbocycles. The van der Waals surface area contributed by atoms with E-state index < -0.39 is 0 Å². The minimum absolute atomic E-state index is 0.0556.